The van der Waals surface area contributed by atoms with E-state index in [0.29, 0.717) is 12.1 Å². The van der Waals surface area contributed by atoms with Crippen LogP contribution in [0, 0.1) is 0 Å². The predicted octanol–water partition coefficient (Wildman–Crippen LogP) is 3.72. The van der Waals surface area contributed by atoms with Crippen LogP contribution in [0.25, 0.3) is 0 Å². The molecular formula is C25H44IN5O. The molecule has 1 unspecified atom stereocenters. The maximum atomic E-state index is 6.15. The molecule has 2 N–H and O–H groups in total. The molecule has 2 fully saturated rings. The first-order chi connectivity index (χ1) is 15.3. The number of nitrogens with zero attached hydrogens (tertiary/aromatic N) is 3. The Morgan fingerprint density at radius 2 is 1.84 bits per heavy atom. The number of likely N-dealkylation sites (tertiary alicyclic amines) is 2. The number of piperidine rings is 2. The average Bonchev–Trinajstić information content (AvgIpc) is 2.82. The van der Waals surface area contributed by atoms with Gasteiger partial charge in [0.1, 0.15) is 0 Å². The summed E-state index contributed by atoms with van der Waals surface area (Å²) in [4.78, 5) is 9.51. The summed E-state index contributed by atoms with van der Waals surface area (Å²) in [6.45, 7) is 10.6. The van der Waals surface area contributed by atoms with Crippen molar-refractivity contribution in [2.24, 2.45) is 4.99 Å². The van der Waals surface area contributed by atoms with Gasteiger partial charge in [-0.3, -0.25) is 14.8 Å². The minimum absolute atomic E-state index is 0. The van der Waals surface area contributed by atoms with Crippen LogP contribution < -0.4 is 10.6 Å². The van der Waals surface area contributed by atoms with Crippen LogP contribution >= 0.6 is 24.0 Å². The third-order valence-electron chi connectivity index (χ3n) is 6.63. The van der Waals surface area contributed by atoms with Crippen LogP contribution in [-0.4, -0.2) is 80.8 Å². The van der Waals surface area contributed by atoms with E-state index >= 15 is 0 Å². The van der Waals surface area contributed by atoms with E-state index in [1.165, 1.54) is 31.4 Å². The molecule has 1 aromatic rings. The molecule has 1 atom stereocenters. The lowest BCUT2D eigenvalue weighted by Gasteiger charge is -2.35. The summed E-state index contributed by atoms with van der Waals surface area (Å²) in [6, 6.07) is 11.4. The van der Waals surface area contributed by atoms with Crippen LogP contribution in [0.1, 0.15) is 51.0 Å². The number of rotatable bonds is 10. The third kappa shape index (κ3) is 9.53. The summed E-state index contributed by atoms with van der Waals surface area (Å²) >= 11 is 0. The molecule has 6 nitrogen and oxygen atoms in total. The molecule has 2 aliphatic heterocycles. The van der Waals surface area contributed by atoms with Crippen LogP contribution in [0.5, 0.6) is 0 Å². The van der Waals surface area contributed by atoms with E-state index in [4.69, 9.17) is 4.74 Å². The van der Waals surface area contributed by atoms with Crippen molar-refractivity contribution in [3.05, 3.63) is 35.9 Å². The molecule has 7 heteroatoms. The minimum atomic E-state index is 0. The van der Waals surface area contributed by atoms with Gasteiger partial charge in [-0.2, -0.15) is 0 Å². The number of hydrogen-bond donors (Lipinski definition) is 2. The van der Waals surface area contributed by atoms with Crippen LogP contribution in [-0.2, 0) is 11.3 Å². The van der Waals surface area contributed by atoms with Gasteiger partial charge in [-0.1, -0.05) is 43.7 Å². The summed E-state index contributed by atoms with van der Waals surface area (Å²) < 4.78 is 6.15. The zero-order chi connectivity index (χ0) is 21.7. The van der Waals surface area contributed by atoms with Crippen LogP contribution in [0.3, 0.4) is 0 Å². The number of benzene rings is 1. The summed E-state index contributed by atoms with van der Waals surface area (Å²) in [6.07, 6.45) is 7.67. The van der Waals surface area contributed by atoms with E-state index in [1.807, 2.05) is 7.05 Å². The molecule has 2 heterocycles. The molecular weight excluding hydrogens is 513 g/mol. The molecule has 0 aromatic heterocycles. The van der Waals surface area contributed by atoms with E-state index in [0.717, 1.165) is 71.1 Å². The van der Waals surface area contributed by atoms with Gasteiger partial charge in [0, 0.05) is 52.4 Å². The number of aliphatic imine (C=N–C) groups is 1. The molecule has 1 aromatic carbocycles. The summed E-state index contributed by atoms with van der Waals surface area (Å²) in [5.41, 5.74) is 1.40. The van der Waals surface area contributed by atoms with Crippen molar-refractivity contribution >= 4 is 29.9 Å². The van der Waals surface area contributed by atoms with E-state index in [-0.39, 0.29) is 24.0 Å². The Morgan fingerprint density at radius 3 is 2.56 bits per heavy atom. The lowest BCUT2D eigenvalue weighted by atomic mass is 10.0. The maximum Gasteiger partial charge on any atom is 0.191 e. The highest BCUT2D eigenvalue weighted by molar-refractivity contribution is 14.0. The molecule has 2 saturated heterocycles. The monoisotopic (exact) mass is 557 g/mol. The number of ether oxygens (including phenoxy) is 1. The SMILES string of the molecule is CCN1CCCCC1CNC(=NC)NCCCOC1CCN(Cc2ccccc2)CC1.I. The zero-order valence-electron chi connectivity index (χ0n) is 20.1. The highest BCUT2D eigenvalue weighted by atomic mass is 127. The van der Waals surface area contributed by atoms with Gasteiger partial charge >= 0.3 is 0 Å². The summed E-state index contributed by atoms with van der Waals surface area (Å²) in [7, 11) is 1.85. The Kier molecular flexibility index (Phi) is 13.5. The van der Waals surface area contributed by atoms with E-state index in [9.17, 15) is 0 Å². The van der Waals surface area contributed by atoms with Gasteiger partial charge in [0.25, 0.3) is 0 Å². The molecule has 0 aliphatic carbocycles. The molecule has 0 amide bonds. The fourth-order valence-corrected chi connectivity index (χ4v) is 4.75. The summed E-state index contributed by atoms with van der Waals surface area (Å²) in [5.74, 6) is 0.913. The predicted molar refractivity (Wildman–Crippen MR) is 145 cm³/mol. The quantitative estimate of drug-likeness (QED) is 0.199. The lowest BCUT2D eigenvalue weighted by molar-refractivity contribution is 0.00534. The zero-order valence-corrected chi connectivity index (χ0v) is 22.4. The minimum Gasteiger partial charge on any atom is -0.378 e. The lowest BCUT2D eigenvalue weighted by Crippen LogP contribution is -2.49. The fraction of sp³-hybridized carbons (Fsp3) is 0.720. The molecule has 32 heavy (non-hydrogen) atoms. The van der Waals surface area contributed by atoms with E-state index < -0.39 is 0 Å². The average molecular weight is 558 g/mol. The van der Waals surface area contributed by atoms with E-state index in [1.54, 1.807) is 0 Å². The first-order valence-corrected chi connectivity index (χ1v) is 12.3. The molecule has 3 rings (SSSR count). The highest BCUT2D eigenvalue weighted by Crippen LogP contribution is 2.17. The second-order valence-corrected chi connectivity index (χ2v) is 8.84. The smallest absolute Gasteiger partial charge is 0.191 e. The maximum absolute atomic E-state index is 6.15. The number of hydrogen-bond acceptors (Lipinski definition) is 4. The molecule has 0 saturated carbocycles. The number of likely N-dealkylation sites (N-methyl/N-ethyl adjacent to an activating group) is 1. The normalized spacial score (nSPS) is 21.2. The Morgan fingerprint density at radius 1 is 1.06 bits per heavy atom. The molecule has 0 spiro atoms. The van der Waals surface area contributed by atoms with Crippen LogP contribution in [0.15, 0.2) is 35.3 Å². The van der Waals surface area contributed by atoms with Crippen molar-refractivity contribution in [2.75, 3.05) is 52.9 Å². The van der Waals surface area contributed by atoms with E-state index in [2.05, 4.69) is 62.7 Å². The van der Waals surface area contributed by atoms with Crippen molar-refractivity contribution in [1.29, 1.82) is 0 Å². The summed E-state index contributed by atoms with van der Waals surface area (Å²) in [5, 5.41) is 6.97. The van der Waals surface area contributed by atoms with Gasteiger partial charge in [-0.25, -0.2) is 0 Å². The Balaban J connectivity index is 0.00000363. The number of halogens is 1. The number of nitrogens with one attached hydrogen (secondary N) is 2. The van der Waals surface area contributed by atoms with Crippen molar-refractivity contribution < 1.29 is 4.74 Å². The molecule has 2 aliphatic rings. The standard InChI is InChI=1S/C25H43N5O.HI/c1-3-30-16-8-7-12-23(30)20-28-25(26-2)27-15-9-19-31-24-13-17-29(18-14-24)21-22-10-5-4-6-11-22;/h4-6,10-11,23-24H,3,7-9,12-21H2,1-2H3,(H2,26,27,28);1H. The topological polar surface area (TPSA) is 52.1 Å². The van der Waals surface area contributed by atoms with Crippen molar-refractivity contribution in [1.82, 2.24) is 20.4 Å². The van der Waals surface area contributed by atoms with Gasteiger partial charge in [0.2, 0.25) is 0 Å². The van der Waals surface area contributed by atoms with Crippen molar-refractivity contribution in [3.8, 4) is 0 Å². The Bertz CT molecular complexity index is 636. The van der Waals surface area contributed by atoms with Gasteiger partial charge in [0.15, 0.2) is 5.96 Å². The van der Waals surface area contributed by atoms with Gasteiger partial charge in [-0.15, -0.1) is 24.0 Å². The van der Waals surface area contributed by atoms with Crippen LogP contribution in [0.4, 0.5) is 0 Å². The van der Waals surface area contributed by atoms with Gasteiger partial charge in [0.05, 0.1) is 6.10 Å². The van der Waals surface area contributed by atoms with Gasteiger partial charge < -0.3 is 15.4 Å². The first kappa shape index (κ1) is 27.3. The second-order valence-electron chi connectivity index (χ2n) is 8.84. The van der Waals surface area contributed by atoms with Crippen LogP contribution in [0.2, 0.25) is 0 Å². The van der Waals surface area contributed by atoms with Crippen molar-refractivity contribution in [2.45, 2.75) is 64.1 Å². The fourth-order valence-electron chi connectivity index (χ4n) is 4.75. The Labute approximate surface area is 212 Å². The molecule has 0 bridgehead atoms. The highest BCUT2D eigenvalue weighted by Gasteiger charge is 2.21. The second kappa shape index (κ2) is 15.9. The Hall–Kier alpha value is -0.900. The molecule has 0 radical (unpaired) electrons. The van der Waals surface area contributed by atoms with Crippen molar-refractivity contribution in [3.63, 3.8) is 0 Å². The third-order valence-corrected chi connectivity index (χ3v) is 6.63. The number of guanidine groups is 1. The largest absolute Gasteiger partial charge is 0.378 e. The van der Waals surface area contributed by atoms with Gasteiger partial charge in [-0.05, 0) is 50.8 Å². The molecule has 182 valence electrons. The first-order valence-electron chi connectivity index (χ1n) is 12.3.